The van der Waals surface area contributed by atoms with Gasteiger partial charge in [-0.3, -0.25) is 4.79 Å². The maximum atomic E-state index is 12.7. The molecule has 0 radical (unpaired) electrons. The summed E-state index contributed by atoms with van der Waals surface area (Å²) in [4.78, 5) is 12.7. The third-order valence-electron chi connectivity index (χ3n) is 5.49. The third kappa shape index (κ3) is 1.95. The molecular formula is C15H21N3O2. The average molecular weight is 275 g/mol. The molecule has 1 N–H and O–H groups in total. The van der Waals surface area contributed by atoms with Crippen LogP contribution in [0.3, 0.4) is 0 Å². The van der Waals surface area contributed by atoms with Crippen molar-refractivity contribution in [2.45, 2.75) is 52.0 Å². The number of aryl methyl sites for hydroxylation is 1. The van der Waals surface area contributed by atoms with Crippen molar-refractivity contribution in [2.24, 2.45) is 23.2 Å². The summed E-state index contributed by atoms with van der Waals surface area (Å²) in [6, 6.07) is 0. The van der Waals surface area contributed by atoms with Crippen LogP contribution < -0.4 is 5.32 Å². The predicted molar refractivity (Wildman–Crippen MR) is 71.5 cm³/mol. The van der Waals surface area contributed by atoms with E-state index in [9.17, 15) is 4.79 Å². The summed E-state index contributed by atoms with van der Waals surface area (Å²) in [6.45, 7) is 2.12. The van der Waals surface area contributed by atoms with Crippen molar-refractivity contribution in [3.63, 3.8) is 0 Å². The Kier molecular flexibility index (Phi) is 2.66. The molecule has 4 aliphatic rings. The summed E-state index contributed by atoms with van der Waals surface area (Å²) in [6.07, 6.45) is 7.34. The first-order chi connectivity index (χ1) is 9.63. The zero-order valence-electron chi connectivity index (χ0n) is 11.9. The largest absolute Gasteiger partial charge is 0.424 e. The fourth-order valence-electron chi connectivity index (χ4n) is 5.14. The van der Waals surface area contributed by atoms with E-state index in [4.69, 9.17) is 4.42 Å². The second-order valence-corrected chi connectivity index (χ2v) is 7.10. The van der Waals surface area contributed by atoms with Gasteiger partial charge in [-0.1, -0.05) is 0 Å². The minimum atomic E-state index is -0.0934. The molecule has 0 aliphatic heterocycles. The SMILES string of the molecule is Cc1nnc(CNC(=O)C23CC4CC(CC(C4)C2)C3)o1. The van der Waals surface area contributed by atoms with Gasteiger partial charge in [0.2, 0.25) is 17.7 Å². The summed E-state index contributed by atoms with van der Waals surface area (Å²) in [5, 5.41) is 10.8. The van der Waals surface area contributed by atoms with Gasteiger partial charge in [-0.15, -0.1) is 10.2 Å². The molecule has 108 valence electrons. The van der Waals surface area contributed by atoms with Gasteiger partial charge in [-0.05, 0) is 56.3 Å². The van der Waals surface area contributed by atoms with Crippen molar-refractivity contribution in [2.75, 3.05) is 0 Å². The van der Waals surface area contributed by atoms with Crippen LogP contribution in [-0.2, 0) is 11.3 Å². The number of carbonyl (C=O) groups is 1. The van der Waals surface area contributed by atoms with E-state index >= 15 is 0 Å². The predicted octanol–water partition coefficient (Wildman–Crippen LogP) is 2.21. The molecule has 4 bridgehead atoms. The van der Waals surface area contributed by atoms with Crippen molar-refractivity contribution >= 4 is 5.91 Å². The average Bonchev–Trinajstić information content (AvgIpc) is 2.80. The number of hydrogen-bond donors (Lipinski definition) is 1. The van der Waals surface area contributed by atoms with Crippen molar-refractivity contribution in [1.29, 1.82) is 0 Å². The molecule has 5 heteroatoms. The van der Waals surface area contributed by atoms with E-state index in [0.29, 0.717) is 18.3 Å². The lowest BCUT2D eigenvalue weighted by Crippen LogP contribution is -2.53. The second-order valence-electron chi connectivity index (χ2n) is 7.10. The van der Waals surface area contributed by atoms with Crippen LogP contribution in [0.5, 0.6) is 0 Å². The van der Waals surface area contributed by atoms with E-state index in [1.165, 1.54) is 19.3 Å². The van der Waals surface area contributed by atoms with Gasteiger partial charge in [0, 0.05) is 12.3 Å². The Hall–Kier alpha value is -1.39. The summed E-state index contributed by atoms with van der Waals surface area (Å²) in [5.41, 5.74) is -0.0934. The molecular weight excluding hydrogens is 254 g/mol. The Balaban J connectivity index is 1.45. The zero-order chi connectivity index (χ0) is 13.7. The van der Waals surface area contributed by atoms with Crippen LogP contribution in [0.4, 0.5) is 0 Å². The molecule has 1 amide bonds. The number of amides is 1. The molecule has 0 aromatic carbocycles. The number of carbonyl (C=O) groups excluding carboxylic acids is 1. The van der Waals surface area contributed by atoms with Crippen LogP contribution in [0.2, 0.25) is 0 Å². The van der Waals surface area contributed by atoms with Gasteiger partial charge in [-0.2, -0.15) is 0 Å². The number of hydrogen-bond acceptors (Lipinski definition) is 4. The third-order valence-corrected chi connectivity index (χ3v) is 5.49. The molecule has 4 saturated carbocycles. The standard InChI is InChI=1S/C15H21N3O2/c1-9-17-18-13(20-9)8-16-14(19)15-5-10-2-11(6-15)4-12(3-10)7-15/h10-12H,2-8H2,1H3,(H,16,19). The first-order valence-corrected chi connectivity index (χ1v) is 7.70. The van der Waals surface area contributed by atoms with E-state index in [0.717, 1.165) is 37.0 Å². The number of nitrogens with one attached hydrogen (secondary N) is 1. The first-order valence-electron chi connectivity index (χ1n) is 7.70. The van der Waals surface area contributed by atoms with E-state index in [2.05, 4.69) is 15.5 Å². The van der Waals surface area contributed by atoms with Crippen molar-refractivity contribution in [3.8, 4) is 0 Å². The highest BCUT2D eigenvalue weighted by atomic mass is 16.4. The molecule has 0 spiro atoms. The van der Waals surface area contributed by atoms with E-state index in [1.54, 1.807) is 6.92 Å². The molecule has 5 nitrogen and oxygen atoms in total. The number of rotatable bonds is 3. The summed E-state index contributed by atoms with van der Waals surface area (Å²) in [7, 11) is 0. The fraction of sp³-hybridized carbons (Fsp3) is 0.800. The van der Waals surface area contributed by atoms with Gasteiger partial charge >= 0.3 is 0 Å². The van der Waals surface area contributed by atoms with E-state index in [-0.39, 0.29) is 11.3 Å². The maximum Gasteiger partial charge on any atom is 0.235 e. The number of nitrogens with zero attached hydrogens (tertiary/aromatic N) is 2. The van der Waals surface area contributed by atoms with Crippen LogP contribution in [-0.4, -0.2) is 16.1 Å². The van der Waals surface area contributed by atoms with Gasteiger partial charge in [0.25, 0.3) is 0 Å². The Morgan fingerprint density at radius 1 is 1.20 bits per heavy atom. The molecule has 0 unspecified atom stereocenters. The lowest BCUT2D eigenvalue weighted by molar-refractivity contribution is -0.146. The van der Waals surface area contributed by atoms with Crippen LogP contribution in [0, 0.1) is 30.1 Å². The lowest BCUT2D eigenvalue weighted by atomic mass is 9.49. The molecule has 20 heavy (non-hydrogen) atoms. The molecule has 1 heterocycles. The van der Waals surface area contributed by atoms with Crippen molar-refractivity contribution in [1.82, 2.24) is 15.5 Å². The number of aromatic nitrogens is 2. The van der Waals surface area contributed by atoms with E-state index < -0.39 is 0 Å². The molecule has 1 aromatic heterocycles. The van der Waals surface area contributed by atoms with Crippen LogP contribution in [0.25, 0.3) is 0 Å². The van der Waals surface area contributed by atoms with Crippen LogP contribution in [0.1, 0.15) is 50.3 Å². The molecule has 4 fully saturated rings. The summed E-state index contributed by atoms with van der Waals surface area (Å²) in [5.74, 6) is 3.63. The van der Waals surface area contributed by atoms with Crippen molar-refractivity contribution in [3.05, 3.63) is 11.8 Å². The zero-order valence-corrected chi connectivity index (χ0v) is 11.9. The normalized spacial score (nSPS) is 38.1. The quantitative estimate of drug-likeness (QED) is 0.918. The Bertz CT molecular complexity index is 502. The van der Waals surface area contributed by atoms with Gasteiger partial charge in [0.05, 0.1) is 6.54 Å². The minimum Gasteiger partial charge on any atom is -0.424 e. The van der Waals surface area contributed by atoms with E-state index in [1.807, 2.05) is 0 Å². The molecule has 0 saturated heterocycles. The molecule has 5 rings (SSSR count). The second kappa shape index (κ2) is 4.30. The first kappa shape index (κ1) is 12.4. The fourth-order valence-corrected chi connectivity index (χ4v) is 5.14. The van der Waals surface area contributed by atoms with Crippen molar-refractivity contribution < 1.29 is 9.21 Å². The summed E-state index contributed by atoms with van der Waals surface area (Å²) < 4.78 is 5.32. The Morgan fingerprint density at radius 2 is 1.80 bits per heavy atom. The smallest absolute Gasteiger partial charge is 0.235 e. The van der Waals surface area contributed by atoms with Gasteiger partial charge in [-0.25, -0.2) is 0 Å². The Labute approximate surface area is 118 Å². The van der Waals surface area contributed by atoms with Crippen LogP contribution in [0.15, 0.2) is 4.42 Å². The molecule has 0 atom stereocenters. The molecule has 1 aromatic rings. The van der Waals surface area contributed by atoms with Crippen LogP contribution >= 0.6 is 0 Å². The molecule has 4 aliphatic carbocycles. The topological polar surface area (TPSA) is 68.0 Å². The van der Waals surface area contributed by atoms with Gasteiger partial charge in [0.1, 0.15) is 0 Å². The highest BCUT2D eigenvalue weighted by molar-refractivity contribution is 5.83. The van der Waals surface area contributed by atoms with Gasteiger partial charge in [0.15, 0.2) is 0 Å². The minimum absolute atomic E-state index is 0.0934. The monoisotopic (exact) mass is 275 g/mol. The highest BCUT2D eigenvalue weighted by Gasteiger charge is 2.54. The van der Waals surface area contributed by atoms with Gasteiger partial charge < -0.3 is 9.73 Å². The Morgan fingerprint density at radius 3 is 2.30 bits per heavy atom. The summed E-state index contributed by atoms with van der Waals surface area (Å²) >= 11 is 0. The lowest BCUT2D eigenvalue weighted by Gasteiger charge is -2.55. The highest BCUT2D eigenvalue weighted by Crippen LogP contribution is 2.60. The maximum absolute atomic E-state index is 12.7.